The number of nitrogens with zero attached hydrogens (tertiary/aromatic N) is 2. The van der Waals surface area contributed by atoms with Gasteiger partial charge in [-0.05, 0) is 13.0 Å². The highest BCUT2D eigenvalue weighted by atomic mass is 19.4. The van der Waals surface area contributed by atoms with Crippen molar-refractivity contribution in [2.45, 2.75) is 19.5 Å². The number of carbonyl (C=O) groups excluding carboxylic acids is 1. The Morgan fingerprint density at radius 2 is 2.04 bits per heavy atom. The van der Waals surface area contributed by atoms with E-state index in [0.717, 1.165) is 0 Å². The Bertz CT molecular complexity index is 753. The van der Waals surface area contributed by atoms with Gasteiger partial charge in [-0.25, -0.2) is 0 Å². The molecular formula is C16H18F3N3O5. The van der Waals surface area contributed by atoms with Crippen molar-refractivity contribution >= 4 is 23.3 Å². The normalized spacial score (nSPS) is 20.4. The van der Waals surface area contributed by atoms with E-state index in [1.165, 1.54) is 30.0 Å². The second-order valence-corrected chi connectivity index (χ2v) is 6.36. The summed E-state index contributed by atoms with van der Waals surface area (Å²) in [6.07, 6.45) is -4.79. The van der Waals surface area contributed by atoms with Crippen LogP contribution >= 0.6 is 0 Å². The van der Waals surface area contributed by atoms with E-state index < -0.39 is 41.4 Å². The van der Waals surface area contributed by atoms with Crippen LogP contribution < -0.4 is 5.32 Å². The number of hydrogen-bond acceptors (Lipinski definition) is 5. The maximum Gasteiger partial charge on any atom is 0.393 e. The number of rotatable bonds is 6. The van der Waals surface area contributed by atoms with Crippen LogP contribution in [0.5, 0.6) is 0 Å². The molecular weight excluding hydrogens is 371 g/mol. The molecule has 0 spiro atoms. The van der Waals surface area contributed by atoms with Crippen molar-refractivity contribution in [1.29, 1.82) is 0 Å². The first-order valence-electron chi connectivity index (χ1n) is 8.06. The SMILES string of the molecule is Cc1c(NC(=O)CCN2C[C@@H](C(F)(F)F)[C@H](C(=O)O)C2)cccc1[N+](=O)[O-]. The van der Waals surface area contributed by atoms with Gasteiger partial charge in [0, 0.05) is 32.1 Å². The molecule has 1 aromatic carbocycles. The fourth-order valence-corrected chi connectivity index (χ4v) is 3.08. The van der Waals surface area contributed by atoms with Gasteiger partial charge in [-0.1, -0.05) is 6.07 Å². The summed E-state index contributed by atoms with van der Waals surface area (Å²) in [6, 6.07) is 4.18. The van der Waals surface area contributed by atoms with E-state index in [9.17, 15) is 32.9 Å². The number of hydrogen-bond donors (Lipinski definition) is 2. The van der Waals surface area contributed by atoms with Gasteiger partial charge in [0.2, 0.25) is 5.91 Å². The number of nitro benzene ring substituents is 1. The molecule has 1 aliphatic rings. The highest BCUT2D eigenvalue weighted by molar-refractivity contribution is 5.92. The zero-order valence-corrected chi connectivity index (χ0v) is 14.3. The molecule has 2 rings (SSSR count). The summed E-state index contributed by atoms with van der Waals surface area (Å²) >= 11 is 0. The van der Waals surface area contributed by atoms with Crippen molar-refractivity contribution in [1.82, 2.24) is 4.90 Å². The number of carbonyl (C=O) groups is 2. The van der Waals surface area contributed by atoms with Crippen LogP contribution in [-0.2, 0) is 9.59 Å². The van der Waals surface area contributed by atoms with Crippen LogP contribution in [0.25, 0.3) is 0 Å². The number of alkyl halides is 3. The number of likely N-dealkylation sites (tertiary alicyclic amines) is 1. The topological polar surface area (TPSA) is 113 Å². The van der Waals surface area contributed by atoms with E-state index in [0.29, 0.717) is 0 Å². The van der Waals surface area contributed by atoms with Crippen LogP contribution in [0.3, 0.4) is 0 Å². The summed E-state index contributed by atoms with van der Waals surface area (Å²) in [7, 11) is 0. The van der Waals surface area contributed by atoms with Gasteiger partial charge in [-0.3, -0.25) is 19.7 Å². The maximum atomic E-state index is 13.0. The summed E-state index contributed by atoms with van der Waals surface area (Å²) in [4.78, 5) is 34.7. The number of anilines is 1. The van der Waals surface area contributed by atoms with Gasteiger partial charge in [0.05, 0.1) is 28.0 Å². The van der Waals surface area contributed by atoms with Crippen molar-refractivity contribution in [3.05, 3.63) is 33.9 Å². The Hall–Kier alpha value is -2.69. The lowest BCUT2D eigenvalue weighted by atomic mass is 9.96. The Kier molecular flexibility index (Phi) is 6.04. The van der Waals surface area contributed by atoms with Gasteiger partial charge in [0.15, 0.2) is 0 Å². The first kappa shape index (κ1) is 20.6. The molecule has 148 valence electrons. The molecule has 1 heterocycles. The number of nitro groups is 1. The van der Waals surface area contributed by atoms with Crippen LogP contribution in [-0.4, -0.2) is 52.6 Å². The number of halogens is 3. The highest BCUT2D eigenvalue weighted by Gasteiger charge is 2.52. The van der Waals surface area contributed by atoms with E-state index >= 15 is 0 Å². The first-order valence-corrected chi connectivity index (χ1v) is 8.06. The molecule has 1 fully saturated rings. The Balaban J connectivity index is 1.96. The number of benzene rings is 1. The zero-order chi connectivity index (χ0) is 20.4. The van der Waals surface area contributed by atoms with E-state index in [-0.39, 0.29) is 36.4 Å². The summed E-state index contributed by atoms with van der Waals surface area (Å²) in [5, 5.41) is 22.4. The second kappa shape index (κ2) is 7.91. The summed E-state index contributed by atoms with van der Waals surface area (Å²) < 4.78 is 38.9. The average molecular weight is 389 g/mol. The lowest BCUT2D eigenvalue weighted by molar-refractivity contribution is -0.385. The van der Waals surface area contributed by atoms with Crippen LogP contribution in [0.1, 0.15) is 12.0 Å². The molecule has 0 bridgehead atoms. The Morgan fingerprint density at radius 1 is 1.37 bits per heavy atom. The van der Waals surface area contributed by atoms with Crippen molar-refractivity contribution < 1.29 is 32.8 Å². The molecule has 0 saturated carbocycles. The molecule has 1 aliphatic heterocycles. The van der Waals surface area contributed by atoms with Gasteiger partial charge < -0.3 is 15.3 Å². The molecule has 1 aromatic rings. The third-order valence-corrected chi connectivity index (χ3v) is 4.56. The minimum atomic E-state index is -4.62. The lowest BCUT2D eigenvalue weighted by Gasteiger charge is -2.18. The number of carboxylic acids is 1. The Morgan fingerprint density at radius 3 is 2.56 bits per heavy atom. The second-order valence-electron chi connectivity index (χ2n) is 6.36. The molecule has 2 atom stereocenters. The van der Waals surface area contributed by atoms with E-state index in [1.807, 2.05) is 0 Å². The van der Waals surface area contributed by atoms with E-state index in [4.69, 9.17) is 5.11 Å². The van der Waals surface area contributed by atoms with Gasteiger partial charge in [0.25, 0.3) is 5.69 Å². The van der Waals surface area contributed by atoms with Crippen molar-refractivity contribution in [2.75, 3.05) is 25.0 Å². The van der Waals surface area contributed by atoms with Gasteiger partial charge in [-0.15, -0.1) is 0 Å². The van der Waals surface area contributed by atoms with Crippen LogP contribution in [0.15, 0.2) is 18.2 Å². The summed E-state index contributed by atoms with van der Waals surface area (Å²) in [5.74, 6) is -5.58. The van der Waals surface area contributed by atoms with E-state index in [2.05, 4.69) is 5.32 Å². The largest absolute Gasteiger partial charge is 0.481 e. The fourth-order valence-electron chi connectivity index (χ4n) is 3.08. The highest BCUT2D eigenvalue weighted by Crippen LogP contribution is 2.37. The molecule has 0 aliphatic carbocycles. The van der Waals surface area contributed by atoms with Crippen molar-refractivity contribution in [3.63, 3.8) is 0 Å². The first-order chi connectivity index (χ1) is 12.5. The van der Waals surface area contributed by atoms with Gasteiger partial charge in [-0.2, -0.15) is 13.2 Å². The smallest absolute Gasteiger partial charge is 0.393 e. The molecule has 2 N–H and O–H groups in total. The van der Waals surface area contributed by atoms with Gasteiger partial charge >= 0.3 is 12.1 Å². The van der Waals surface area contributed by atoms with Crippen molar-refractivity contribution in [3.8, 4) is 0 Å². The summed E-state index contributed by atoms with van der Waals surface area (Å²) in [5.41, 5.74) is 0.344. The van der Waals surface area contributed by atoms with Crippen molar-refractivity contribution in [2.24, 2.45) is 11.8 Å². The predicted octanol–water partition coefficient (Wildman–Crippen LogP) is 2.43. The molecule has 11 heteroatoms. The zero-order valence-electron chi connectivity index (χ0n) is 14.3. The third kappa shape index (κ3) is 4.94. The molecule has 27 heavy (non-hydrogen) atoms. The number of aliphatic carboxylic acids is 1. The average Bonchev–Trinajstić information content (AvgIpc) is 2.99. The maximum absolute atomic E-state index is 13.0. The van der Waals surface area contributed by atoms with Crippen LogP contribution in [0, 0.1) is 28.9 Å². The molecule has 1 saturated heterocycles. The number of nitrogens with one attached hydrogen (secondary N) is 1. The molecule has 8 nitrogen and oxygen atoms in total. The minimum Gasteiger partial charge on any atom is -0.481 e. The molecule has 0 aromatic heterocycles. The predicted molar refractivity (Wildman–Crippen MR) is 88.2 cm³/mol. The minimum absolute atomic E-state index is 0.0455. The Labute approximate surface area is 152 Å². The quantitative estimate of drug-likeness (QED) is 0.571. The number of amides is 1. The molecule has 1 amide bonds. The fraction of sp³-hybridized carbons (Fsp3) is 0.500. The van der Waals surface area contributed by atoms with Crippen LogP contribution in [0.2, 0.25) is 0 Å². The lowest BCUT2D eigenvalue weighted by Crippen LogP contribution is -2.33. The van der Waals surface area contributed by atoms with Crippen LogP contribution in [0.4, 0.5) is 24.5 Å². The third-order valence-electron chi connectivity index (χ3n) is 4.56. The van der Waals surface area contributed by atoms with Gasteiger partial charge in [0.1, 0.15) is 0 Å². The van der Waals surface area contributed by atoms with E-state index in [1.54, 1.807) is 0 Å². The summed E-state index contributed by atoms with van der Waals surface area (Å²) in [6.45, 7) is 0.655. The number of carboxylic acid groups (broad SMARTS) is 1. The standard InChI is InChI=1S/C16H18F3N3O5/c1-9-12(3-2-4-13(9)22(26)27)20-14(23)5-6-21-7-10(15(24)25)11(8-21)16(17,18)19/h2-4,10-11H,5-8H2,1H3,(H,20,23)(H,24,25)/t10-,11-/m1/s1. The molecule has 0 unspecified atom stereocenters. The monoisotopic (exact) mass is 389 g/mol. The molecule has 0 radical (unpaired) electrons.